The molecule has 1 unspecified atom stereocenters. The Morgan fingerprint density at radius 2 is 1.68 bits per heavy atom. The first-order valence-electron chi connectivity index (χ1n) is 9.59. The van der Waals surface area contributed by atoms with Crippen molar-refractivity contribution in [2.24, 2.45) is 5.73 Å². The van der Waals surface area contributed by atoms with Crippen LogP contribution < -0.4 is 11.3 Å². The van der Waals surface area contributed by atoms with Gasteiger partial charge in [-0.2, -0.15) is 0 Å². The maximum atomic E-state index is 13.9. The summed E-state index contributed by atoms with van der Waals surface area (Å²) in [5.74, 6) is -0.338. The van der Waals surface area contributed by atoms with Gasteiger partial charge in [-0.25, -0.2) is 17.8 Å². The first-order chi connectivity index (χ1) is 14.7. The minimum Gasteiger partial charge on any atom is -0.322 e. The third-order valence-corrected chi connectivity index (χ3v) is 6.99. The molecule has 0 saturated heterocycles. The van der Waals surface area contributed by atoms with E-state index in [2.05, 4.69) is 4.98 Å². The van der Waals surface area contributed by atoms with E-state index >= 15 is 0 Å². The highest BCUT2D eigenvalue weighted by molar-refractivity contribution is 7.91. The number of aromatic nitrogens is 2. The molecule has 0 aliphatic heterocycles. The van der Waals surface area contributed by atoms with E-state index in [1.165, 1.54) is 41.0 Å². The van der Waals surface area contributed by atoms with Crippen LogP contribution in [-0.2, 0) is 9.84 Å². The van der Waals surface area contributed by atoms with Gasteiger partial charge in [-0.3, -0.25) is 9.36 Å². The van der Waals surface area contributed by atoms with Gasteiger partial charge in [-0.05, 0) is 55.8 Å². The molecule has 1 atom stereocenters. The summed E-state index contributed by atoms with van der Waals surface area (Å²) in [4.78, 5) is 18.1. The number of halogens is 1. The Kier molecular flexibility index (Phi) is 5.20. The average Bonchev–Trinajstić information content (AvgIpc) is 2.73. The van der Waals surface area contributed by atoms with Gasteiger partial charge < -0.3 is 5.73 Å². The van der Waals surface area contributed by atoms with Crippen molar-refractivity contribution in [3.63, 3.8) is 0 Å². The predicted molar refractivity (Wildman–Crippen MR) is 117 cm³/mol. The van der Waals surface area contributed by atoms with Crippen molar-refractivity contribution in [1.29, 1.82) is 0 Å². The molecule has 0 saturated carbocycles. The molecule has 0 spiro atoms. The number of rotatable bonds is 4. The van der Waals surface area contributed by atoms with Crippen molar-refractivity contribution in [2.75, 3.05) is 0 Å². The summed E-state index contributed by atoms with van der Waals surface area (Å²) in [5.41, 5.74) is 6.41. The fraction of sp³-hybridized carbons (Fsp3) is 0.130. The van der Waals surface area contributed by atoms with Crippen LogP contribution in [-0.4, -0.2) is 18.0 Å². The van der Waals surface area contributed by atoms with Crippen molar-refractivity contribution < 1.29 is 12.8 Å². The molecule has 3 aromatic carbocycles. The van der Waals surface area contributed by atoms with E-state index in [0.29, 0.717) is 5.56 Å². The Hall–Kier alpha value is -3.36. The van der Waals surface area contributed by atoms with Gasteiger partial charge in [0, 0.05) is 0 Å². The average molecular weight is 437 g/mol. The van der Waals surface area contributed by atoms with Gasteiger partial charge in [0.1, 0.15) is 11.6 Å². The highest BCUT2D eigenvalue weighted by Crippen LogP contribution is 2.28. The number of fused-ring (bicyclic) bond motifs is 1. The molecular weight excluding hydrogens is 417 g/mol. The predicted octanol–water partition coefficient (Wildman–Crippen LogP) is 3.69. The highest BCUT2D eigenvalue weighted by Gasteiger charge is 2.26. The van der Waals surface area contributed by atoms with Crippen LogP contribution in [0.3, 0.4) is 0 Å². The molecular formula is C23H20FN3O3S. The lowest BCUT2D eigenvalue weighted by Gasteiger charge is -2.17. The third-order valence-electron chi connectivity index (χ3n) is 5.03. The molecule has 0 fully saturated rings. The molecule has 2 N–H and O–H groups in total. The van der Waals surface area contributed by atoms with Gasteiger partial charge in [0.05, 0.1) is 32.4 Å². The molecule has 0 amide bonds. The SMILES string of the molecule is Cc1ccccc1S(=O)(=O)c1cccc2nc(C(C)N)n(-c3cccc(F)c3)c(=O)c12. The fourth-order valence-electron chi connectivity index (χ4n) is 3.59. The number of nitrogens with zero attached hydrogens (tertiary/aromatic N) is 2. The molecule has 1 heterocycles. The van der Waals surface area contributed by atoms with Crippen LogP contribution in [0.5, 0.6) is 0 Å². The van der Waals surface area contributed by atoms with Crippen LogP contribution in [0.1, 0.15) is 24.4 Å². The Bertz CT molecular complexity index is 1480. The lowest BCUT2D eigenvalue weighted by molar-refractivity contribution is 0.596. The van der Waals surface area contributed by atoms with Crippen LogP contribution in [0, 0.1) is 12.7 Å². The van der Waals surface area contributed by atoms with Gasteiger partial charge in [0.15, 0.2) is 0 Å². The molecule has 4 aromatic rings. The van der Waals surface area contributed by atoms with E-state index in [0.717, 1.165) is 0 Å². The largest absolute Gasteiger partial charge is 0.322 e. The van der Waals surface area contributed by atoms with Crippen molar-refractivity contribution >= 4 is 20.7 Å². The van der Waals surface area contributed by atoms with E-state index in [1.807, 2.05) is 0 Å². The summed E-state index contributed by atoms with van der Waals surface area (Å²) < 4.78 is 42.0. The van der Waals surface area contributed by atoms with Gasteiger partial charge in [0.25, 0.3) is 5.56 Å². The molecule has 4 rings (SSSR count). The molecule has 0 aliphatic carbocycles. The summed E-state index contributed by atoms with van der Waals surface area (Å²) in [5, 5.41) is -0.0700. The second kappa shape index (κ2) is 7.72. The minimum atomic E-state index is -4.02. The van der Waals surface area contributed by atoms with Crippen LogP contribution in [0.4, 0.5) is 4.39 Å². The molecule has 6 nitrogen and oxygen atoms in total. The Morgan fingerprint density at radius 1 is 1.00 bits per heavy atom. The van der Waals surface area contributed by atoms with E-state index in [9.17, 15) is 17.6 Å². The number of benzene rings is 3. The maximum Gasteiger partial charge on any atom is 0.267 e. The Balaban J connectivity index is 2.13. The van der Waals surface area contributed by atoms with E-state index in [-0.39, 0.29) is 32.2 Å². The smallest absolute Gasteiger partial charge is 0.267 e. The number of sulfone groups is 1. The molecule has 158 valence electrons. The monoisotopic (exact) mass is 437 g/mol. The third kappa shape index (κ3) is 3.54. The standard InChI is InChI=1S/C23H20FN3O3S/c1-14-7-3-4-11-19(14)31(29,30)20-12-6-10-18-21(20)23(28)27(22(26-18)15(2)25)17-9-5-8-16(24)13-17/h3-13,15H,25H2,1-2H3. The van der Waals surface area contributed by atoms with Crippen LogP contribution in [0.2, 0.25) is 0 Å². The van der Waals surface area contributed by atoms with Crippen molar-refractivity contribution in [3.8, 4) is 5.69 Å². The highest BCUT2D eigenvalue weighted by atomic mass is 32.2. The van der Waals surface area contributed by atoms with Crippen molar-refractivity contribution in [1.82, 2.24) is 9.55 Å². The van der Waals surface area contributed by atoms with E-state index in [1.54, 1.807) is 44.2 Å². The molecule has 8 heteroatoms. The minimum absolute atomic E-state index is 0.0700. The van der Waals surface area contributed by atoms with Gasteiger partial charge >= 0.3 is 0 Å². The second-order valence-corrected chi connectivity index (χ2v) is 9.18. The van der Waals surface area contributed by atoms with Gasteiger partial charge in [-0.1, -0.05) is 30.3 Å². The normalized spacial score (nSPS) is 12.8. The van der Waals surface area contributed by atoms with Gasteiger partial charge in [0.2, 0.25) is 9.84 Å². The lowest BCUT2D eigenvalue weighted by atomic mass is 10.2. The zero-order chi connectivity index (χ0) is 22.3. The molecule has 0 radical (unpaired) electrons. The van der Waals surface area contributed by atoms with Crippen molar-refractivity contribution in [2.45, 2.75) is 29.7 Å². The maximum absolute atomic E-state index is 13.9. The topological polar surface area (TPSA) is 95.0 Å². The summed E-state index contributed by atoms with van der Waals surface area (Å²) in [6.07, 6.45) is 0. The molecule has 0 bridgehead atoms. The zero-order valence-corrected chi connectivity index (χ0v) is 17.7. The summed E-state index contributed by atoms with van der Waals surface area (Å²) >= 11 is 0. The lowest BCUT2D eigenvalue weighted by Crippen LogP contribution is -2.28. The Morgan fingerprint density at radius 3 is 2.35 bits per heavy atom. The van der Waals surface area contributed by atoms with Crippen LogP contribution >= 0.6 is 0 Å². The molecule has 31 heavy (non-hydrogen) atoms. The number of aryl methyl sites for hydroxylation is 1. The van der Waals surface area contributed by atoms with E-state index < -0.39 is 27.3 Å². The van der Waals surface area contributed by atoms with Gasteiger partial charge in [-0.15, -0.1) is 0 Å². The summed E-state index contributed by atoms with van der Waals surface area (Å²) in [7, 11) is -4.02. The summed E-state index contributed by atoms with van der Waals surface area (Å²) in [6, 6.07) is 15.8. The van der Waals surface area contributed by atoms with Crippen molar-refractivity contribution in [3.05, 3.63) is 94.3 Å². The molecule has 1 aromatic heterocycles. The fourth-order valence-corrected chi connectivity index (χ4v) is 5.29. The quantitative estimate of drug-likeness (QED) is 0.525. The number of hydrogen-bond donors (Lipinski definition) is 1. The zero-order valence-electron chi connectivity index (χ0n) is 16.9. The first-order valence-corrected chi connectivity index (χ1v) is 11.1. The van der Waals surface area contributed by atoms with Crippen LogP contribution in [0.15, 0.2) is 81.3 Å². The molecule has 0 aliphatic rings. The first kappa shape index (κ1) is 20.9. The number of nitrogens with two attached hydrogens (primary N) is 1. The second-order valence-electron chi connectivity index (χ2n) is 7.30. The Labute approximate surface area is 178 Å². The van der Waals surface area contributed by atoms with E-state index in [4.69, 9.17) is 5.73 Å². The summed E-state index contributed by atoms with van der Waals surface area (Å²) in [6.45, 7) is 3.34. The number of hydrogen-bond acceptors (Lipinski definition) is 5. The van der Waals surface area contributed by atoms with Crippen LogP contribution in [0.25, 0.3) is 16.6 Å².